The third-order valence-electron chi connectivity index (χ3n) is 4.06. The van der Waals surface area contributed by atoms with Gasteiger partial charge in [0.05, 0.1) is 25.0 Å². The van der Waals surface area contributed by atoms with Crippen molar-refractivity contribution < 1.29 is 44.1 Å². The van der Waals surface area contributed by atoms with E-state index in [0.717, 1.165) is 6.92 Å². The van der Waals surface area contributed by atoms with Gasteiger partial charge in [0.15, 0.2) is 0 Å². The molecule has 0 aromatic heterocycles. The molecule has 0 aliphatic rings. The van der Waals surface area contributed by atoms with Gasteiger partial charge in [0, 0.05) is 0 Å². The molecule has 10 N–H and O–H groups in total. The summed E-state index contributed by atoms with van der Waals surface area (Å²) in [6.07, 6.45) is -2.93. The zero-order valence-electron chi connectivity index (χ0n) is 17.3. The fourth-order valence-corrected chi connectivity index (χ4v) is 2.39. The summed E-state index contributed by atoms with van der Waals surface area (Å²) < 4.78 is 0. The van der Waals surface area contributed by atoms with Gasteiger partial charge >= 0.3 is 11.9 Å². The number of rotatable bonds is 13. The molecule has 176 valence electrons. The van der Waals surface area contributed by atoms with Crippen molar-refractivity contribution in [1.29, 1.82) is 0 Å². The number of amides is 4. The largest absolute Gasteiger partial charge is 0.481 e. The van der Waals surface area contributed by atoms with E-state index in [1.165, 1.54) is 13.8 Å². The summed E-state index contributed by atoms with van der Waals surface area (Å²) >= 11 is 0. The minimum absolute atomic E-state index is 0.532. The molecular weight excluding hydrogens is 418 g/mol. The molecule has 0 bridgehead atoms. The van der Waals surface area contributed by atoms with E-state index in [1.807, 2.05) is 0 Å². The Morgan fingerprint density at radius 2 is 1.32 bits per heavy atom. The van der Waals surface area contributed by atoms with E-state index in [-0.39, 0.29) is 0 Å². The minimum Gasteiger partial charge on any atom is -0.481 e. The predicted molar refractivity (Wildman–Crippen MR) is 104 cm³/mol. The monoisotopic (exact) mass is 447 g/mol. The van der Waals surface area contributed by atoms with E-state index >= 15 is 0 Å². The molecule has 5 atom stereocenters. The van der Waals surface area contributed by atoms with Crippen LogP contribution >= 0.6 is 0 Å². The van der Waals surface area contributed by atoms with Crippen molar-refractivity contribution in [1.82, 2.24) is 16.0 Å². The van der Waals surface area contributed by atoms with Gasteiger partial charge in [-0.2, -0.15) is 0 Å². The molecule has 0 heterocycles. The van der Waals surface area contributed by atoms with E-state index in [2.05, 4.69) is 16.0 Å². The number of nitrogens with one attached hydrogen (secondary N) is 3. The number of hydrogen-bond acceptors (Lipinski definition) is 8. The lowest BCUT2D eigenvalue weighted by Crippen LogP contribution is -2.60. The first kappa shape index (κ1) is 27.7. The average molecular weight is 447 g/mol. The van der Waals surface area contributed by atoms with Crippen LogP contribution in [0.2, 0.25) is 0 Å². The fourth-order valence-electron chi connectivity index (χ4n) is 2.39. The van der Waals surface area contributed by atoms with Crippen molar-refractivity contribution in [3.8, 4) is 0 Å². The lowest BCUT2D eigenvalue weighted by Gasteiger charge is -2.26. The van der Waals surface area contributed by atoms with Crippen LogP contribution in [0.1, 0.15) is 33.6 Å². The van der Waals surface area contributed by atoms with Gasteiger partial charge in [-0.25, -0.2) is 4.79 Å². The average Bonchev–Trinajstić information content (AvgIpc) is 2.60. The molecule has 0 saturated heterocycles. The highest BCUT2D eigenvalue weighted by molar-refractivity contribution is 5.96. The van der Waals surface area contributed by atoms with Gasteiger partial charge in [0.2, 0.25) is 23.6 Å². The van der Waals surface area contributed by atoms with E-state index in [4.69, 9.17) is 21.7 Å². The van der Waals surface area contributed by atoms with Crippen LogP contribution in [0, 0.1) is 5.92 Å². The summed E-state index contributed by atoms with van der Waals surface area (Å²) in [7, 11) is 0. The van der Waals surface area contributed by atoms with E-state index in [1.54, 1.807) is 0 Å². The lowest BCUT2D eigenvalue weighted by molar-refractivity contribution is -0.144. The maximum absolute atomic E-state index is 12.5. The number of primary amides is 1. The van der Waals surface area contributed by atoms with E-state index < -0.39 is 84.6 Å². The van der Waals surface area contributed by atoms with Crippen LogP contribution in [0.15, 0.2) is 0 Å². The number of aliphatic carboxylic acids is 2. The summed E-state index contributed by atoms with van der Waals surface area (Å²) in [5.74, 6) is -7.47. The van der Waals surface area contributed by atoms with Crippen molar-refractivity contribution in [2.24, 2.45) is 17.4 Å². The number of hydrogen-bond donors (Lipinski definition) is 8. The molecular formula is C17H29N5O9. The van der Waals surface area contributed by atoms with Crippen molar-refractivity contribution in [2.75, 3.05) is 0 Å². The molecule has 0 aromatic carbocycles. The summed E-state index contributed by atoms with van der Waals surface area (Å²) in [5, 5.41) is 34.3. The van der Waals surface area contributed by atoms with Crippen LogP contribution in [-0.4, -0.2) is 81.2 Å². The summed E-state index contributed by atoms with van der Waals surface area (Å²) in [5.41, 5.74) is 10.4. The molecule has 0 aliphatic heterocycles. The molecule has 0 aromatic rings. The smallest absolute Gasteiger partial charge is 0.326 e. The highest BCUT2D eigenvalue weighted by Crippen LogP contribution is 2.05. The SMILES string of the molecule is CC(C)C(NC(=O)C(CC(=O)O)NC(=O)C(NC(=O)C(N)CC(N)=O)C(C)O)C(=O)O. The van der Waals surface area contributed by atoms with Crippen LogP contribution in [0.25, 0.3) is 0 Å². The molecule has 0 aliphatic carbocycles. The van der Waals surface area contributed by atoms with E-state index in [0.29, 0.717) is 0 Å². The first-order chi connectivity index (χ1) is 14.2. The van der Waals surface area contributed by atoms with Gasteiger partial charge in [0.25, 0.3) is 0 Å². The normalized spacial score (nSPS) is 15.7. The van der Waals surface area contributed by atoms with Crippen LogP contribution in [0.3, 0.4) is 0 Å². The van der Waals surface area contributed by atoms with Crippen LogP contribution in [0.5, 0.6) is 0 Å². The maximum atomic E-state index is 12.5. The number of carbonyl (C=O) groups is 6. The van der Waals surface area contributed by atoms with Gasteiger partial charge in [0.1, 0.15) is 18.1 Å². The number of aliphatic hydroxyl groups is 1. The van der Waals surface area contributed by atoms with Crippen molar-refractivity contribution in [3.63, 3.8) is 0 Å². The van der Waals surface area contributed by atoms with Crippen molar-refractivity contribution in [3.05, 3.63) is 0 Å². The molecule has 0 rings (SSSR count). The Kier molecular flexibility index (Phi) is 11.1. The molecule has 5 unspecified atom stereocenters. The van der Waals surface area contributed by atoms with Gasteiger partial charge < -0.3 is 42.7 Å². The quantitative estimate of drug-likeness (QED) is 0.137. The second-order valence-electron chi connectivity index (χ2n) is 7.23. The molecule has 0 saturated carbocycles. The van der Waals surface area contributed by atoms with Crippen LogP contribution < -0.4 is 27.4 Å². The Labute approximate surface area is 177 Å². The summed E-state index contributed by atoms with van der Waals surface area (Å²) in [6.45, 7) is 4.16. The fraction of sp³-hybridized carbons (Fsp3) is 0.647. The Morgan fingerprint density at radius 3 is 1.71 bits per heavy atom. The Balaban J connectivity index is 5.46. The molecule has 14 heteroatoms. The molecule has 0 fully saturated rings. The van der Waals surface area contributed by atoms with Gasteiger partial charge in [-0.1, -0.05) is 13.8 Å². The third kappa shape index (κ3) is 9.86. The second-order valence-corrected chi connectivity index (χ2v) is 7.23. The lowest BCUT2D eigenvalue weighted by atomic mass is 10.0. The Hall–Kier alpha value is -3.26. The zero-order chi connectivity index (χ0) is 24.5. The zero-order valence-corrected chi connectivity index (χ0v) is 17.3. The Morgan fingerprint density at radius 1 is 0.806 bits per heavy atom. The summed E-state index contributed by atoms with van der Waals surface area (Å²) in [4.78, 5) is 70.1. The standard InChI is InChI=1S/C17H29N5O9/c1-6(2)12(17(30)31)21-15(28)9(5-11(25)26)20-16(29)13(7(3)23)22-14(27)8(18)4-10(19)24/h6-9,12-13,23H,4-5,18H2,1-3H3,(H2,19,24)(H,20,29)(H,21,28)(H,22,27)(H,25,26)(H,30,31). The topological polar surface area (TPSA) is 251 Å². The Bertz CT molecular complexity index is 710. The van der Waals surface area contributed by atoms with Crippen LogP contribution in [-0.2, 0) is 28.8 Å². The summed E-state index contributed by atoms with van der Waals surface area (Å²) in [6, 6.07) is -6.12. The predicted octanol–water partition coefficient (Wildman–Crippen LogP) is -3.76. The number of carboxylic acids is 2. The van der Waals surface area contributed by atoms with E-state index in [9.17, 15) is 33.9 Å². The first-order valence-corrected chi connectivity index (χ1v) is 9.25. The number of carboxylic acid groups (broad SMARTS) is 2. The third-order valence-corrected chi connectivity index (χ3v) is 4.06. The first-order valence-electron chi connectivity index (χ1n) is 9.25. The second kappa shape index (κ2) is 12.4. The number of nitrogens with two attached hydrogens (primary N) is 2. The molecule has 0 radical (unpaired) electrons. The van der Waals surface area contributed by atoms with Crippen molar-refractivity contribution in [2.45, 2.75) is 63.9 Å². The molecule has 4 amide bonds. The minimum atomic E-state index is -1.71. The molecule has 14 nitrogen and oxygen atoms in total. The molecule has 31 heavy (non-hydrogen) atoms. The van der Waals surface area contributed by atoms with Crippen molar-refractivity contribution >= 4 is 35.6 Å². The number of carbonyl (C=O) groups excluding carboxylic acids is 4. The van der Waals surface area contributed by atoms with Gasteiger partial charge in [-0.05, 0) is 12.8 Å². The highest BCUT2D eigenvalue weighted by atomic mass is 16.4. The highest BCUT2D eigenvalue weighted by Gasteiger charge is 2.34. The van der Waals surface area contributed by atoms with Gasteiger partial charge in [-0.3, -0.25) is 24.0 Å². The van der Waals surface area contributed by atoms with Gasteiger partial charge in [-0.15, -0.1) is 0 Å². The number of aliphatic hydroxyl groups excluding tert-OH is 1. The maximum Gasteiger partial charge on any atom is 0.326 e. The molecule has 0 spiro atoms. The van der Waals surface area contributed by atoms with Crippen LogP contribution in [0.4, 0.5) is 0 Å².